The van der Waals surface area contributed by atoms with Crippen LogP contribution in [-0.2, 0) is 17.8 Å². The summed E-state index contributed by atoms with van der Waals surface area (Å²) >= 11 is 3.39. The van der Waals surface area contributed by atoms with E-state index in [9.17, 15) is 8.78 Å². The second-order valence-electron chi connectivity index (χ2n) is 4.34. The fourth-order valence-corrected chi connectivity index (χ4v) is 2.35. The lowest BCUT2D eigenvalue weighted by Gasteiger charge is -2.11. The maximum Gasteiger partial charge on any atom is 0.144 e. The van der Waals surface area contributed by atoms with E-state index in [2.05, 4.69) is 31.2 Å². The van der Waals surface area contributed by atoms with Gasteiger partial charge in [-0.05, 0) is 27.6 Å². The monoisotopic (exact) mass is 357 g/mol. The molecular weight excluding hydrogens is 344 g/mol. The molecule has 0 aliphatic rings. The molecule has 0 spiro atoms. The van der Waals surface area contributed by atoms with E-state index >= 15 is 0 Å². The SMILES string of the molecule is CNc1nc(Cc2ccc(F)cc2F)nc(COC)c1Br. The maximum absolute atomic E-state index is 13.7. The zero-order valence-corrected chi connectivity index (χ0v) is 13.2. The summed E-state index contributed by atoms with van der Waals surface area (Å²) in [7, 11) is 3.29. The third-order valence-corrected chi connectivity index (χ3v) is 3.68. The minimum atomic E-state index is -0.610. The summed E-state index contributed by atoms with van der Waals surface area (Å²) in [5.74, 6) is -0.195. The van der Waals surface area contributed by atoms with Crippen LogP contribution in [0.4, 0.5) is 14.6 Å². The van der Waals surface area contributed by atoms with Gasteiger partial charge in [-0.25, -0.2) is 18.7 Å². The van der Waals surface area contributed by atoms with Crippen molar-refractivity contribution >= 4 is 21.7 Å². The van der Waals surface area contributed by atoms with Crippen LogP contribution in [0.15, 0.2) is 22.7 Å². The number of hydrogen-bond acceptors (Lipinski definition) is 4. The summed E-state index contributed by atoms with van der Waals surface area (Å²) < 4.78 is 32.4. The van der Waals surface area contributed by atoms with Crippen molar-refractivity contribution in [3.63, 3.8) is 0 Å². The lowest BCUT2D eigenvalue weighted by atomic mass is 10.1. The Bertz CT molecular complexity index is 652. The summed E-state index contributed by atoms with van der Waals surface area (Å²) in [6.07, 6.45) is 0.171. The number of ether oxygens (including phenoxy) is 1. The third kappa shape index (κ3) is 3.74. The predicted octanol–water partition coefficient (Wildman–Crippen LogP) is 3.30. The fourth-order valence-electron chi connectivity index (χ4n) is 1.86. The number of nitrogens with one attached hydrogen (secondary N) is 1. The molecule has 0 aliphatic heterocycles. The largest absolute Gasteiger partial charge is 0.378 e. The zero-order valence-electron chi connectivity index (χ0n) is 11.6. The van der Waals surface area contributed by atoms with Crippen molar-refractivity contribution in [2.24, 2.45) is 0 Å². The Labute approximate surface area is 129 Å². The average molecular weight is 358 g/mol. The van der Waals surface area contributed by atoms with Gasteiger partial charge in [0, 0.05) is 26.6 Å². The molecule has 21 heavy (non-hydrogen) atoms. The quantitative estimate of drug-likeness (QED) is 0.891. The topological polar surface area (TPSA) is 47.0 Å². The van der Waals surface area contributed by atoms with E-state index < -0.39 is 11.6 Å². The molecule has 0 radical (unpaired) electrons. The number of halogens is 3. The highest BCUT2D eigenvalue weighted by Crippen LogP contribution is 2.25. The van der Waals surface area contributed by atoms with Gasteiger partial charge < -0.3 is 10.1 Å². The normalized spacial score (nSPS) is 10.7. The number of hydrogen-bond donors (Lipinski definition) is 1. The molecule has 0 saturated heterocycles. The van der Waals surface area contributed by atoms with Crippen molar-refractivity contribution in [3.8, 4) is 0 Å². The number of rotatable bonds is 5. The first-order chi connectivity index (χ1) is 10.0. The van der Waals surface area contributed by atoms with Gasteiger partial charge in [0.1, 0.15) is 23.3 Å². The average Bonchev–Trinajstić information content (AvgIpc) is 2.45. The van der Waals surface area contributed by atoms with Crippen LogP contribution in [0.1, 0.15) is 17.1 Å². The van der Waals surface area contributed by atoms with E-state index in [1.165, 1.54) is 12.1 Å². The molecular formula is C14H14BrF2N3O. The van der Waals surface area contributed by atoms with Crippen molar-refractivity contribution in [1.29, 1.82) is 0 Å². The minimum Gasteiger partial charge on any atom is -0.378 e. The molecule has 0 bridgehead atoms. The van der Waals surface area contributed by atoms with E-state index in [1.54, 1.807) is 14.2 Å². The van der Waals surface area contributed by atoms with Crippen LogP contribution in [0.5, 0.6) is 0 Å². The van der Waals surface area contributed by atoms with Gasteiger partial charge in [0.05, 0.1) is 16.8 Å². The molecule has 2 aromatic rings. The Morgan fingerprint density at radius 3 is 2.67 bits per heavy atom. The van der Waals surface area contributed by atoms with Gasteiger partial charge in [0.15, 0.2) is 0 Å². The first-order valence-electron chi connectivity index (χ1n) is 6.21. The lowest BCUT2D eigenvalue weighted by Crippen LogP contribution is -2.08. The molecule has 1 N–H and O–H groups in total. The van der Waals surface area contributed by atoms with Crippen LogP contribution in [-0.4, -0.2) is 24.1 Å². The molecule has 0 amide bonds. The molecule has 0 atom stereocenters. The standard InChI is InChI=1S/C14H14BrF2N3O/c1-18-14-13(15)11(7-21-2)19-12(20-14)5-8-3-4-9(16)6-10(8)17/h3-4,6H,5,7H2,1-2H3,(H,18,19,20). The molecule has 2 rings (SSSR count). The van der Waals surface area contributed by atoms with Crippen LogP contribution in [0.3, 0.4) is 0 Å². The molecule has 0 unspecified atom stereocenters. The number of methoxy groups -OCH3 is 1. The van der Waals surface area contributed by atoms with Gasteiger partial charge in [-0.1, -0.05) is 6.07 Å². The van der Waals surface area contributed by atoms with Crippen LogP contribution < -0.4 is 5.32 Å². The summed E-state index contributed by atoms with van der Waals surface area (Å²) in [5, 5.41) is 2.94. The minimum absolute atomic E-state index is 0.171. The smallest absolute Gasteiger partial charge is 0.144 e. The molecule has 1 heterocycles. The van der Waals surface area contributed by atoms with E-state index in [-0.39, 0.29) is 6.42 Å². The third-order valence-electron chi connectivity index (χ3n) is 2.85. The van der Waals surface area contributed by atoms with Gasteiger partial charge in [-0.3, -0.25) is 0 Å². The number of anilines is 1. The Balaban J connectivity index is 2.37. The highest BCUT2D eigenvalue weighted by atomic mass is 79.9. The first kappa shape index (κ1) is 15.8. The summed E-state index contributed by atoms with van der Waals surface area (Å²) in [4.78, 5) is 8.65. The number of aromatic nitrogens is 2. The van der Waals surface area contributed by atoms with Crippen LogP contribution in [0.2, 0.25) is 0 Å². The van der Waals surface area contributed by atoms with E-state index in [0.717, 1.165) is 6.07 Å². The van der Waals surface area contributed by atoms with E-state index in [1.807, 2.05) is 0 Å². The maximum atomic E-state index is 13.7. The Morgan fingerprint density at radius 1 is 1.29 bits per heavy atom. The van der Waals surface area contributed by atoms with E-state index in [0.29, 0.717) is 34.0 Å². The van der Waals surface area contributed by atoms with Crippen molar-refractivity contribution in [3.05, 3.63) is 51.4 Å². The van der Waals surface area contributed by atoms with Gasteiger partial charge in [0.2, 0.25) is 0 Å². The molecule has 0 aliphatic carbocycles. The first-order valence-corrected chi connectivity index (χ1v) is 7.00. The number of benzene rings is 1. The fraction of sp³-hybridized carbons (Fsp3) is 0.286. The van der Waals surface area contributed by atoms with Crippen LogP contribution in [0, 0.1) is 11.6 Å². The predicted molar refractivity (Wildman–Crippen MR) is 79.2 cm³/mol. The number of nitrogens with zero attached hydrogens (tertiary/aromatic N) is 2. The Kier molecular flexibility index (Phi) is 5.19. The van der Waals surface area contributed by atoms with E-state index in [4.69, 9.17) is 4.74 Å². The molecule has 7 heteroatoms. The van der Waals surface area contributed by atoms with Gasteiger partial charge in [-0.15, -0.1) is 0 Å². The van der Waals surface area contributed by atoms with Gasteiger partial charge in [0.25, 0.3) is 0 Å². The summed E-state index contributed by atoms with van der Waals surface area (Å²) in [5.41, 5.74) is 0.999. The Morgan fingerprint density at radius 2 is 2.05 bits per heavy atom. The van der Waals surface area contributed by atoms with Crippen molar-refractivity contribution in [2.45, 2.75) is 13.0 Å². The molecule has 1 aromatic heterocycles. The zero-order chi connectivity index (χ0) is 15.4. The second-order valence-corrected chi connectivity index (χ2v) is 5.14. The Hall–Kier alpha value is -1.60. The molecule has 0 fully saturated rings. The van der Waals surface area contributed by atoms with Gasteiger partial charge >= 0.3 is 0 Å². The van der Waals surface area contributed by atoms with Crippen molar-refractivity contribution < 1.29 is 13.5 Å². The molecule has 0 saturated carbocycles. The second kappa shape index (κ2) is 6.91. The summed E-state index contributed by atoms with van der Waals surface area (Å²) in [6, 6.07) is 3.46. The molecule has 112 valence electrons. The summed E-state index contributed by atoms with van der Waals surface area (Å²) in [6.45, 7) is 0.302. The van der Waals surface area contributed by atoms with Crippen LogP contribution >= 0.6 is 15.9 Å². The molecule has 4 nitrogen and oxygen atoms in total. The van der Waals surface area contributed by atoms with Gasteiger partial charge in [-0.2, -0.15) is 0 Å². The lowest BCUT2D eigenvalue weighted by molar-refractivity contribution is 0.180. The van der Waals surface area contributed by atoms with Crippen molar-refractivity contribution in [1.82, 2.24) is 9.97 Å². The highest BCUT2D eigenvalue weighted by Gasteiger charge is 2.13. The highest BCUT2D eigenvalue weighted by molar-refractivity contribution is 9.10. The van der Waals surface area contributed by atoms with Crippen LogP contribution in [0.25, 0.3) is 0 Å². The molecule has 1 aromatic carbocycles. The van der Waals surface area contributed by atoms with Crippen molar-refractivity contribution in [2.75, 3.05) is 19.5 Å².